The zero-order valence-electron chi connectivity index (χ0n) is 16.6. The van der Waals surface area contributed by atoms with E-state index in [2.05, 4.69) is 32.2 Å². The van der Waals surface area contributed by atoms with Crippen LogP contribution in [-0.4, -0.2) is 24.0 Å². The van der Waals surface area contributed by atoms with Crippen LogP contribution in [0.25, 0.3) is 0 Å². The molecule has 0 fully saturated rings. The SMILES string of the molecule is CCCCCOc1ccccc1C1(C)Nc2ccccc2C(=O)N1CCC. The van der Waals surface area contributed by atoms with Crippen LogP contribution in [0.3, 0.4) is 0 Å². The van der Waals surface area contributed by atoms with Crippen molar-refractivity contribution in [2.75, 3.05) is 18.5 Å². The maximum absolute atomic E-state index is 13.3. The fourth-order valence-electron chi connectivity index (χ4n) is 3.75. The van der Waals surface area contributed by atoms with Crippen molar-refractivity contribution in [3.05, 3.63) is 59.7 Å². The van der Waals surface area contributed by atoms with Gasteiger partial charge in [0.15, 0.2) is 0 Å². The number of carbonyl (C=O) groups is 1. The van der Waals surface area contributed by atoms with Gasteiger partial charge in [-0.25, -0.2) is 0 Å². The zero-order valence-corrected chi connectivity index (χ0v) is 16.6. The van der Waals surface area contributed by atoms with Gasteiger partial charge in [0.2, 0.25) is 0 Å². The van der Waals surface area contributed by atoms with E-state index in [1.165, 1.54) is 6.42 Å². The second-order valence-electron chi connectivity index (χ2n) is 7.25. The number of nitrogens with zero attached hydrogens (tertiary/aromatic N) is 1. The molecule has 1 heterocycles. The topological polar surface area (TPSA) is 41.6 Å². The Labute approximate surface area is 162 Å². The van der Waals surface area contributed by atoms with Crippen molar-refractivity contribution in [1.29, 1.82) is 0 Å². The van der Waals surface area contributed by atoms with E-state index >= 15 is 0 Å². The second-order valence-corrected chi connectivity index (χ2v) is 7.25. The Morgan fingerprint density at radius 3 is 2.52 bits per heavy atom. The summed E-state index contributed by atoms with van der Waals surface area (Å²) in [4.78, 5) is 15.2. The molecule has 0 aliphatic carbocycles. The lowest BCUT2D eigenvalue weighted by atomic mass is 9.92. The molecule has 4 heteroatoms. The predicted octanol–water partition coefficient (Wildman–Crippen LogP) is 5.41. The molecule has 1 unspecified atom stereocenters. The van der Waals surface area contributed by atoms with Gasteiger partial charge in [-0.15, -0.1) is 0 Å². The fourth-order valence-corrected chi connectivity index (χ4v) is 3.75. The minimum atomic E-state index is -0.650. The number of nitrogens with one attached hydrogen (secondary N) is 1. The molecule has 27 heavy (non-hydrogen) atoms. The van der Waals surface area contributed by atoms with Crippen molar-refractivity contribution in [2.45, 2.75) is 52.1 Å². The Bertz CT molecular complexity index is 789. The molecule has 1 amide bonds. The minimum Gasteiger partial charge on any atom is -0.493 e. The van der Waals surface area contributed by atoms with Crippen molar-refractivity contribution >= 4 is 11.6 Å². The summed E-state index contributed by atoms with van der Waals surface area (Å²) in [7, 11) is 0. The molecule has 4 nitrogen and oxygen atoms in total. The summed E-state index contributed by atoms with van der Waals surface area (Å²) in [5.41, 5.74) is 1.95. The van der Waals surface area contributed by atoms with Crippen LogP contribution in [0, 0.1) is 0 Å². The van der Waals surface area contributed by atoms with Gasteiger partial charge in [0.05, 0.1) is 12.2 Å². The number of carbonyl (C=O) groups excluding carboxylic acids is 1. The number of ether oxygens (including phenoxy) is 1. The lowest BCUT2D eigenvalue weighted by Crippen LogP contribution is -2.56. The van der Waals surface area contributed by atoms with E-state index in [1.807, 2.05) is 47.4 Å². The van der Waals surface area contributed by atoms with E-state index in [-0.39, 0.29) is 5.91 Å². The van der Waals surface area contributed by atoms with Crippen LogP contribution >= 0.6 is 0 Å². The second kappa shape index (κ2) is 8.47. The van der Waals surface area contributed by atoms with Gasteiger partial charge in [0, 0.05) is 17.8 Å². The fraction of sp³-hybridized carbons (Fsp3) is 0.435. The van der Waals surface area contributed by atoms with E-state index in [0.717, 1.165) is 41.8 Å². The van der Waals surface area contributed by atoms with Gasteiger partial charge >= 0.3 is 0 Å². The molecule has 1 N–H and O–H groups in total. The van der Waals surface area contributed by atoms with Gasteiger partial charge in [0.1, 0.15) is 11.4 Å². The van der Waals surface area contributed by atoms with E-state index in [0.29, 0.717) is 13.2 Å². The standard InChI is InChI=1S/C23H30N2O2/c1-4-6-11-17-27-21-15-10-8-13-19(21)23(3)24-20-14-9-7-12-18(20)22(26)25(23)16-5-2/h7-10,12-15,24H,4-6,11,16-17H2,1-3H3. The number of amides is 1. The number of anilines is 1. The normalized spacial score (nSPS) is 18.8. The average molecular weight is 367 g/mol. The van der Waals surface area contributed by atoms with Crippen molar-refractivity contribution in [3.63, 3.8) is 0 Å². The number of hydrogen-bond acceptors (Lipinski definition) is 3. The van der Waals surface area contributed by atoms with E-state index in [4.69, 9.17) is 4.74 Å². The minimum absolute atomic E-state index is 0.0643. The highest BCUT2D eigenvalue weighted by Crippen LogP contribution is 2.41. The molecule has 0 aromatic heterocycles. The van der Waals surface area contributed by atoms with Crippen LogP contribution < -0.4 is 10.1 Å². The Kier molecular flexibility index (Phi) is 6.04. The van der Waals surface area contributed by atoms with Gasteiger partial charge in [-0.1, -0.05) is 57.0 Å². The number of para-hydroxylation sites is 2. The zero-order chi connectivity index (χ0) is 19.3. The number of fused-ring (bicyclic) bond motifs is 1. The Balaban J connectivity index is 1.99. The summed E-state index contributed by atoms with van der Waals surface area (Å²) in [5.74, 6) is 0.909. The first-order valence-electron chi connectivity index (χ1n) is 10.0. The predicted molar refractivity (Wildman–Crippen MR) is 110 cm³/mol. The van der Waals surface area contributed by atoms with E-state index in [1.54, 1.807) is 0 Å². The smallest absolute Gasteiger partial charge is 0.258 e. The summed E-state index contributed by atoms with van der Waals surface area (Å²) in [6.45, 7) is 7.73. The van der Waals surface area contributed by atoms with Gasteiger partial charge in [-0.3, -0.25) is 4.79 Å². The van der Waals surface area contributed by atoms with Gasteiger partial charge in [-0.05, 0) is 38.0 Å². The van der Waals surface area contributed by atoms with Crippen LogP contribution in [0.15, 0.2) is 48.5 Å². The molecule has 2 aromatic rings. The highest BCUT2D eigenvalue weighted by atomic mass is 16.5. The molecule has 0 radical (unpaired) electrons. The molecule has 0 spiro atoms. The van der Waals surface area contributed by atoms with Crippen LogP contribution in [0.5, 0.6) is 5.75 Å². The lowest BCUT2D eigenvalue weighted by molar-refractivity contribution is 0.0529. The maximum Gasteiger partial charge on any atom is 0.258 e. The Morgan fingerprint density at radius 2 is 1.74 bits per heavy atom. The summed E-state index contributed by atoms with van der Waals surface area (Å²) in [6, 6.07) is 15.8. The number of hydrogen-bond donors (Lipinski definition) is 1. The molecular formula is C23H30N2O2. The molecule has 1 aliphatic rings. The molecule has 0 bridgehead atoms. The van der Waals surface area contributed by atoms with Gasteiger partial charge < -0.3 is 15.0 Å². The monoisotopic (exact) mass is 366 g/mol. The van der Waals surface area contributed by atoms with E-state index < -0.39 is 5.66 Å². The molecule has 0 saturated heterocycles. The quantitative estimate of drug-likeness (QED) is 0.636. The van der Waals surface area contributed by atoms with Crippen molar-refractivity contribution < 1.29 is 9.53 Å². The molecule has 0 saturated carbocycles. The lowest BCUT2D eigenvalue weighted by Gasteiger charge is -2.47. The first kappa shape index (κ1) is 19.3. The van der Waals surface area contributed by atoms with Crippen molar-refractivity contribution in [3.8, 4) is 5.75 Å². The van der Waals surface area contributed by atoms with Gasteiger partial charge in [-0.2, -0.15) is 0 Å². The average Bonchev–Trinajstić information content (AvgIpc) is 2.69. The van der Waals surface area contributed by atoms with Crippen LogP contribution in [0.2, 0.25) is 0 Å². The maximum atomic E-state index is 13.3. The summed E-state index contributed by atoms with van der Waals surface area (Å²) < 4.78 is 6.13. The molecule has 1 atom stereocenters. The third kappa shape index (κ3) is 3.80. The summed E-state index contributed by atoms with van der Waals surface area (Å²) >= 11 is 0. The molecule has 2 aromatic carbocycles. The van der Waals surface area contributed by atoms with Crippen molar-refractivity contribution in [2.24, 2.45) is 0 Å². The highest BCUT2D eigenvalue weighted by Gasteiger charge is 2.43. The third-order valence-corrected chi connectivity index (χ3v) is 5.18. The molecule has 1 aliphatic heterocycles. The summed E-state index contributed by atoms with van der Waals surface area (Å²) in [5, 5.41) is 3.62. The molecule has 144 valence electrons. The van der Waals surface area contributed by atoms with Crippen LogP contribution in [-0.2, 0) is 5.66 Å². The Hall–Kier alpha value is -2.49. The third-order valence-electron chi connectivity index (χ3n) is 5.18. The van der Waals surface area contributed by atoms with Crippen molar-refractivity contribution in [1.82, 2.24) is 4.90 Å². The Morgan fingerprint density at radius 1 is 1.00 bits per heavy atom. The first-order valence-corrected chi connectivity index (χ1v) is 10.0. The molecular weight excluding hydrogens is 336 g/mol. The number of rotatable bonds is 8. The van der Waals surface area contributed by atoms with Crippen LogP contribution in [0.4, 0.5) is 5.69 Å². The highest BCUT2D eigenvalue weighted by molar-refractivity contribution is 6.02. The van der Waals surface area contributed by atoms with Gasteiger partial charge in [0.25, 0.3) is 5.91 Å². The first-order chi connectivity index (χ1) is 13.1. The molecule has 3 rings (SSSR count). The summed E-state index contributed by atoms with van der Waals surface area (Å²) in [6.07, 6.45) is 4.26. The largest absolute Gasteiger partial charge is 0.493 e. The van der Waals surface area contributed by atoms with E-state index in [9.17, 15) is 4.79 Å². The van der Waals surface area contributed by atoms with Crippen LogP contribution in [0.1, 0.15) is 62.4 Å². The number of unbranched alkanes of at least 4 members (excludes halogenated alkanes) is 2. The number of benzene rings is 2.